The molecule has 1 aromatic carbocycles. The Hall–Kier alpha value is -3.33. The normalized spacial score (nSPS) is 10.8. The van der Waals surface area contributed by atoms with Crippen LogP contribution in [-0.2, 0) is 7.05 Å². The van der Waals surface area contributed by atoms with E-state index in [-0.39, 0.29) is 22.5 Å². The molecule has 126 valence electrons. The van der Waals surface area contributed by atoms with Crippen LogP contribution in [0.1, 0.15) is 38.4 Å². The highest BCUT2D eigenvalue weighted by Crippen LogP contribution is 2.31. The third kappa shape index (κ3) is 2.32. The number of rotatable bonds is 2. The molecule has 0 aliphatic heterocycles. The number of aryl methyl sites for hydroxylation is 2. The molecule has 6 nitrogen and oxygen atoms in total. The monoisotopic (exact) mass is 336 g/mol. The van der Waals surface area contributed by atoms with Gasteiger partial charge in [0, 0.05) is 18.0 Å². The fourth-order valence-electron chi connectivity index (χ4n) is 2.95. The van der Waals surface area contributed by atoms with Gasteiger partial charge in [-0.3, -0.25) is 14.2 Å². The quantitative estimate of drug-likeness (QED) is 0.726. The summed E-state index contributed by atoms with van der Waals surface area (Å²) in [4.78, 5) is 25.1. The first kappa shape index (κ1) is 16.5. The van der Waals surface area contributed by atoms with Crippen LogP contribution in [0.3, 0.4) is 0 Å². The van der Waals surface area contributed by atoms with Gasteiger partial charge in [0.25, 0.3) is 5.56 Å². The van der Waals surface area contributed by atoms with Crippen molar-refractivity contribution in [1.29, 1.82) is 5.26 Å². The zero-order chi connectivity index (χ0) is 18.5. The molecule has 0 aliphatic rings. The lowest BCUT2D eigenvalue weighted by atomic mass is 9.98. The summed E-state index contributed by atoms with van der Waals surface area (Å²) >= 11 is 0. The summed E-state index contributed by atoms with van der Waals surface area (Å²) in [6.07, 6.45) is 0. The van der Waals surface area contributed by atoms with Gasteiger partial charge in [-0.15, -0.1) is 0 Å². The number of carbonyl (C=O) groups excluding carboxylic acids is 1. The SMILES string of the molecule is Cc1ccc2c(C)c(C(=O)c3c(C)c(C#N)c(=O)n(C)c3O)oc2c1. The molecule has 0 atom stereocenters. The highest BCUT2D eigenvalue weighted by molar-refractivity contribution is 6.12. The number of carbonyl (C=O) groups is 1. The first-order valence-electron chi connectivity index (χ1n) is 7.65. The van der Waals surface area contributed by atoms with E-state index in [1.807, 2.05) is 25.1 Å². The summed E-state index contributed by atoms with van der Waals surface area (Å²) in [5.74, 6) is -0.961. The number of furan rings is 1. The van der Waals surface area contributed by atoms with Gasteiger partial charge in [-0.2, -0.15) is 5.26 Å². The average molecular weight is 336 g/mol. The minimum Gasteiger partial charge on any atom is -0.494 e. The van der Waals surface area contributed by atoms with Gasteiger partial charge in [-0.05, 0) is 38.0 Å². The van der Waals surface area contributed by atoms with E-state index in [1.54, 1.807) is 13.0 Å². The molecule has 0 fully saturated rings. The van der Waals surface area contributed by atoms with Crippen molar-refractivity contribution in [3.8, 4) is 11.9 Å². The molecule has 6 heteroatoms. The van der Waals surface area contributed by atoms with Gasteiger partial charge in [0.1, 0.15) is 17.2 Å². The molecule has 0 unspecified atom stereocenters. The van der Waals surface area contributed by atoms with Crippen LogP contribution in [0.25, 0.3) is 11.0 Å². The standard InChI is InChI=1S/C19H16N2O4/c1-9-5-6-12-11(3)17(25-14(12)7-9)16(22)15-10(2)13(8-20)18(23)21(4)19(15)24/h5-7,24H,1-4H3. The number of aromatic hydroxyl groups is 1. The first-order chi connectivity index (χ1) is 11.8. The largest absolute Gasteiger partial charge is 0.494 e. The van der Waals surface area contributed by atoms with Gasteiger partial charge in [-0.25, -0.2) is 0 Å². The van der Waals surface area contributed by atoms with Crippen molar-refractivity contribution < 1.29 is 14.3 Å². The summed E-state index contributed by atoms with van der Waals surface area (Å²) in [5.41, 5.74) is 1.43. The third-order valence-electron chi connectivity index (χ3n) is 4.45. The van der Waals surface area contributed by atoms with E-state index in [2.05, 4.69) is 0 Å². The first-order valence-corrected chi connectivity index (χ1v) is 7.65. The second-order valence-corrected chi connectivity index (χ2v) is 6.06. The molecule has 0 aliphatic carbocycles. The molecule has 0 amide bonds. The van der Waals surface area contributed by atoms with E-state index < -0.39 is 17.2 Å². The van der Waals surface area contributed by atoms with Crippen molar-refractivity contribution in [2.24, 2.45) is 7.05 Å². The number of benzene rings is 1. The third-order valence-corrected chi connectivity index (χ3v) is 4.45. The molecular formula is C19H16N2O4. The van der Waals surface area contributed by atoms with Crippen molar-refractivity contribution in [1.82, 2.24) is 4.57 Å². The van der Waals surface area contributed by atoms with E-state index in [0.717, 1.165) is 15.5 Å². The Balaban J connectivity index is 2.31. The Labute approximate surface area is 143 Å². The molecule has 1 N–H and O–H groups in total. The van der Waals surface area contributed by atoms with Crippen molar-refractivity contribution >= 4 is 16.8 Å². The van der Waals surface area contributed by atoms with E-state index >= 15 is 0 Å². The molecule has 3 aromatic rings. The number of fused-ring (bicyclic) bond motifs is 1. The Morgan fingerprint density at radius 2 is 1.92 bits per heavy atom. The molecule has 0 radical (unpaired) electrons. The van der Waals surface area contributed by atoms with Gasteiger partial charge < -0.3 is 9.52 Å². The topological polar surface area (TPSA) is 96.2 Å². The second kappa shape index (κ2) is 5.64. The molecule has 0 saturated carbocycles. The van der Waals surface area contributed by atoms with Crippen LogP contribution in [0, 0.1) is 32.1 Å². The minimum atomic E-state index is -0.647. The summed E-state index contributed by atoms with van der Waals surface area (Å²) in [5, 5.41) is 20.3. The maximum atomic E-state index is 13.0. The highest BCUT2D eigenvalue weighted by atomic mass is 16.3. The molecule has 0 bridgehead atoms. The molecular weight excluding hydrogens is 320 g/mol. The number of nitriles is 1. The Kier molecular flexibility index (Phi) is 3.73. The van der Waals surface area contributed by atoms with E-state index in [1.165, 1.54) is 14.0 Å². The van der Waals surface area contributed by atoms with Gasteiger partial charge in [0.15, 0.2) is 5.76 Å². The number of hydrogen-bond donors (Lipinski definition) is 1. The maximum Gasteiger partial charge on any atom is 0.271 e. The van der Waals surface area contributed by atoms with E-state index in [9.17, 15) is 20.0 Å². The number of ketones is 1. The van der Waals surface area contributed by atoms with Crippen LogP contribution in [0.4, 0.5) is 0 Å². The van der Waals surface area contributed by atoms with Crippen LogP contribution in [0.2, 0.25) is 0 Å². The number of pyridine rings is 1. The second-order valence-electron chi connectivity index (χ2n) is 6.06. The van der Waals surface area contributed by atoms with Crippen molar-refractivity contribution in [3.63, 3.8) is 0 Å². The average Bonchev–Trinajstić information content (AvgIpc) is 2.89. The van der Waals surface area contributed by atoms with Crippen LogP contribution in [-0.4, -0.2) is 15.5 Å². The molecule has 25 heavy (non-hydrogen) atoms. The van der Waals surface area contributed by atoms with Gasteiger partial charge in [-0.1, -0.05) is 12.1 Å². The lowest BCUT2D eigenvalue weighted by Crippen LogP contribution is -2.24. The molecule has 0 spiro atoms. The molecule has 3 rings (SSSR count). The van der Waals surface area contributed by atoms with Gasteiger partial charge >= 0.3 is 0 Å². The fourth-order valence-corrected chi connectivity index (χ4v) is 2.95. The van der Waals surface area contributed by atoms with E-state index in [0.29, 0.717) is 11.1 Å². The Bertz CT molecular complexity index is 1140. The predicted molar refractivity (Wildman–Crippen MR) is 91.9 cm³/mol. The van der Waals surface area contributed by atoms with Crippen molar-refractivity contribution in [2.45, 2.75) is 20.8 Å². The van der Waals surface area contributed by atoms with Crippen LogP contribution < -0.4 is 5.56 Å². The smallest absolute Gasteiger partial charge is 0.271 e. The number of nitrogens with zero attached hydrogens (tertiary/aromatic N) is 2. The number of aromatic nitrogens is 1. The Morgan fingerprint density at radius 3 is 2.56 bits per heavy atom. The molecule has 2 heterocycles. The van der Waals surface area contributed by atoms with Gasteiger partial charge in [0.05, 0.1) is 5.56 Å². The highest BCUT2D eigenvalue weighted by Gasteiger charge is 2.27. The zero-order valence-electron chi connectivity index (χ0n) is 14.3. The summed E-state index contributed by atoms with van der Waals surface area (Å²) in [7, 11) is 1.31. The van der Waals surface area contributed by atoms with Crippen LogP contribution in [0.15, 0.2) is 27.4 Å². The summed E-state index contributed by atoms with van der Waals surface area (Å²) < 4.78 is 6.61. The lowest BCUT2D eigenvalue weighted by molar-refractivity contribution is 0.101. The lowest BCUT2D eigenvalue weighted by Gasteiger charge is -2.11. The Morgan fingerprint density at radius 1 is 1.24 bits per heavy atom. The van der Waals surface area contributed by atoms with Gasteiger partial charge in [0.2, 0.25) is 11.7 Å². The molecule has 2 aromatic heterocycles. The summed E-state index contributed by atoms with van der Waals surface area (Å²) in [6, 6.07) is 7.41. The molecule has 0 saturated heterocycles. The predicted octanol–water partition coefficient (Wildman–Crippen LogP) is 2.87. The zero-order valence-corrected chi connectivity index (χ0v) is 14.3. The minimum absolute atomic E-state index is 0.0848. The summed E-state index contributed by atoms with van der Waals surface area (Å²) in [6.45, 7) is 5.14. The fraction of sp³-hybridized carbons (Fsp3) is 0.211. The number of hydrogen-bond acceptors (Lipinski definition) is 5. The maximum absolute atomic E-state index is 13.0. The van der Waals surface area contributed by atoms with E-state index in [4.69, 9.17) is 4.42 Å². The van der Waals surface area contributed by atoms with Crippen LogP contribution >= 0.6 is 0 Å². The van der Waals surface area contributed by atoms with Crippen molar-refractivity contribution in [2.75, 3.05) is 0 Å². The van der Waals surface area contributed by atoms with Crippen LogP contribution in [0.5, 0.6) is 5.88 Å². The van der Waals surface area contributed by atoms with Crippen molar-refractivity contribution in [3.05, 3.63) is 62.1 Å².